The van der Waals surface area contributed by atoms with Crippen LogP contribution in [0.25, 0.3) is 23.3 Å². The Bertz CT molecular complexity index is 2050. The molecule has 0 bridgehead atoms. The zero-order valence-corrected chi connectivity index (χ0v) is 30.5. The number of hydrogen-bond donors (Lipinski definition) is 0. The fourth-order valence-electron chi connectivity index (χ4n) is 10.9. The van der Waals surface area contributed by atoms with Crippen LogP contribution in [0.1, 0.15) is 44.3 Å². The molecule has 0 amide bonds. The number of rotatable bonds is 5. The SMILES string of the molecule is Cl.Cl.[CH3][Zr]([c]1ccccc1)([c]1ccccc1)([CH]1C=Cc2ccccc21)([CH]1C=Cc2ccccc21)[CH]1c2ccccc2-c2ccccc21. The van der Waals surface area contributed by atoms with Crippen LogP contribution in [-0.4, -0.2) is 0 Å². The molecule has 0 nitrogen and oxygen atoms in total. The second-order valence-electron chi connectivity index (χ2n) is 14.1. The molecule has 3 heteroatoms. The van der Waals surface area contributed by atoms with Gasteiger partial charge in [0.25, 0.3) is 0 Å². The van der Waals surface area contributed by atoms with Crippen molar-refractivity contribution in [1.29, 1.82) is 0 Å². The third-order valence-electron chi connectivity index (χ3n) is 12.7. The van der Waals surface area contributed by atoms with E-state index >= 15 is 0 Å². The molecule has 232 valence electrons. The molecule has 0 fully saturated rings. The predicted octanol–water partition coefficient (Wildman–Crippen LogP) is 11.1. The number of allylic oxidation sites excluding steroid dienone is 2. The van der Waals surface area contributed by atoms with Crippen LogP contribution in [0, 0.1) is 0 Å². The van der Waals surface area contributed by atoms with E-state index in [0.717, 1.165) is 0 Å². The van der Waals surface area contributed by atoms with Gasteiger partial charge in [0.05, 0.1) is 0 Å². The Morgan fingerprint density at radius 3 is 1.15 bits per heavy atom. The van der Waals surface area contributed by atoms with E-state index in [1.807, 2.05) is 0 Å². The molecule has 0 N–H and O–H groups in total. The molecule has 0 saturated carbocycles. The summed E-state index contributed by atoms with van der Waals surface area (Å²) in [6.45, 7) is 0. The summed E-state index contributed by atoms with van der Waals surface area (Å²) in [6.07, 6.45) is 10.1. The zero-order chi connectivity index (χ0) is 30.1. The second kappa shape index (κ2) is 11.2. The topological polar surface area (TPSA) is 0 Å². The molecular weight excluding hydrogens is 691 g/mol. The Balaban J connectivity index is 0.00000176. The molecule has 3 aliphatic rings. The molecule has 2 atom stereocenters. The molecule has 6 aromatic carbocycles. The second-order valence-corrected chi connectivity index (χ2v) is 35.5. The van der Waals surface area contributed by atoms with Gasteiger partial charge in [0, 0.05) is 0 Å². The Morgan fingerprint density at radius 2 is 0.723 bits per heavy atom. The van der Waals surface area contributed by atoms with Crippen LogP contribution < -0.4 is 6.54 Å². The van der Waals surface area contributed by atoms with Crippen molar-refractivity contribution in [3.05, 3.63) is 203 Å². The van der Waals surface area contributed by atoms with Crippen LogP contribution in [0.15, 0.2) is 170 Å². The summed E-state index contributed by atoms with van der Waals surface area (Å²) in [6, 6.07) is 60.7. The van der Waals surface area contributed by atoms with Gasteiger partial charge < -0.3 is 0 Å². The standard InChI is InChI=1S/C13H9.2C9H7.2C6H5.CH3.2ClH.Zr/c1-3-7-12-10(5-1)9-11-6-2-4-8-13(11)12;2*1-2-5-9-7-3-6-8(9)4-1;2*1-2-4-6-5-3-1;;;;/h1-9H;2*1-7H;2*1-5H;1H3;2*1H;. The molecule has 0 saturated heterocycles. The first-order valence-corrected chi connectivity index (χ1v) is 25.5. The van der Waals surface area contributed by atoms with Gasteiger partial charge in [-0.05, 0) is 0 Å². The molecule has 2 unspecified atom stereocenters. The van der Waals surface area contributed by atoms with Gasteiger partial charge in [-0.25, -0.2) is 0 Å². The first-order chi connectivity index (χ1) is 22.1. The van der Waals surface area contributed by atoms with Gasteiger partial charge in [-0.15, -0.1) is 24.8 Å². The van der Waals surface area contributed by atoms with E-state index in [9.17, 15) is 0 Å². The van der Waals surface area contributed by atoms with Gasteiger partial charge in [0.2, 0.25) is 0 Å². The maximum atomic E-state index is 2.86. The Hall–Kier alpha value is -3.74. The van der Waals surface area contributed by atoms with Crippen molar-refractivity contribution in [3.63, 3.8) is 0 Å². The van der Waals surface area contributed by atoms with Crippen LogP contribution >= 0.6 is 24.8 Å². The first kappa shape index (κ1) is 31.8. The van der Waals surface area contributed by atoms with Gasteiger partial charge in [0.15, 0.2) is 0 Å². The Kier molecular flexibility index (Phi) is 7.57. The summed E-state index contributed by atoms with van der Waals surface area (Å²) in [5.41, 5.74) is 11.3. The minimum atomic E-state index is -5.73. The van der Waals surface area contributed by atoms with Crippen molar-refractivity contribution in [3.8, 4) is 11.1 Å². The molecule has 0 aliphatic heterocycles. The third kappa shape index (κ3) is 3.69. The van der Waals surface area contributed by atoms with E-state index in [1.165, 1.54) is 51.1 Å². The fourth-order valence-corrected chi connectivity index (χ4v) is 41.5. The van der Waals surface area contributed by atoms with E-state index in [0.29, 0.717) is 0 Å². The van der Waals surface area contributed by atoms with Gasteiger partial charge in [-0.3, -0.25) is 0 Å². The van der Waals surface area contributed by atoms with E-state index in [-0.39, 0.29) is 35.7 Å². The molecule has 3 aliphatic carbocycles. The average molecular weight is 729 g/mol. The maximum absolute atomic E-state index is 5.73. The van der Waals surface area contributed by atoms with E-state index in [1.54, 1.807) is 0 Å². The van der Waals surface area contributed by atoms with Crippen LogP contribution in [0.2, 0.25) is 4.63 Å². The zero-order valence-electron chi connectivity index (χ0n) is 26.4. The minimum absolute atomic E-state index is 0. The molecular formula is C44H38Cl2Zr. The molecule has 6 aromatic rings. The van der Waals surface area contributed by atoms with Crippen LogP contribution in [-0.2, 0) is 17.3 Å². The van der Waals surface area contributed by atoms with Gasteiger partial charge in [-0.2, -0.15) is 0 Å². The van der Waals surface area contributed by atoms with Crippen molar-refractivity contribution in [2.24, 2.45) is 0 Å². The fraction of sp³-hybridized carbons (Fsp3) is 0.0909. The molecule has 0 heterocycles. The molecule has 9 rings (SSSR count). The molecule has 0 spiro atoms. The van der Waals surface area contributed by atoms with E-state index < -0.39 is 17.3 Å². The number of fused-ring (bicyclic) bond motifs is 5. The molecule has 0 aromatic heterocycles. The van der Waals surface area contributed by atoms with E-state index in [2.05, 4.69) is 187 Å². The summed E-state index contributed by atoms with van der Waals surface area (Å²) < 4.78 is 6.47. The van der Waals surface area contributed by atoms with Crippen molar-refractivity contribution in [2.45, 2.75) is 15.5 Å². The van der Waals surface area contributed by atoms with Gasteiger partial charge >= 0.3 is 266 Å². The van der Waals surface area contributed by atoms with Crippen molar-refractivity contribution < 1.29 is 17.3 Å². The summed E-state index contributed by atoms with van der Waals surface area (Å²) in [5, 5.41) is 0. The number of benzene rings is 6. The van der Waals surface area contributed by atoms with E-state index in [4.69, 9.17) is 0 Å². The quantitative estimate of drug-likeness (QED) is 0.166. The van der Waals surface area contributed by atoms with Crippen molar-refractivity contribution >= 4 is 43.5 Å². The number of halogens is 2. The summed E-state index contributed by atoms with van der Waals surface area (Å²) in [5.74, 6) is 0. The first-order valence-electron chi connectivity index (χ1n) is 16.3. The van der Waals surface area contributed by atoms with Crippen LogP contribution in [0.3, 0.4) is 0 Å². The Labute approximate surface area is 288 Å². The van der Waals surface area contributed by atoms with Crippen LogP contribution in [0.5, 0.6) is 0 Å². The predicted molar refractivity (Wildman–Crippen MR) is 203 cm³/mol. The average Bonchev–Trinajstić information content (AvgIpc) is 3.85. The number of hydrogen-bond acceptors (Lipinski definition) is 0. The summed E-state index contributed by atoms with van der Waals surface area (Å²) in [7, 11) is 0. The molecule has 0 radical (unpaired) electrons. The summed E-state index contributed by atoms with van der Waals surface area (Å²) in [4.78, 5) is 0. The van der Waals surface area contributed by atoms with Gasteiger partial charge in [-0.1, -0.05) is 0 Å². The van der Waals surface area contributed by atoms with Crippen LogP contribution in [0.4, 0.5) is 0 Å². The van der Waals surface area contributed by atoms with Gasteiger partial charge in [0.1, 0.15) is 0 Å². The van der Waals surface area contributed by atoms with Crippen molar-refractivity contribution in [1.82, 2.24) is 0 Å². The monoisotopic (exact) mass is 726 g/mol. The van der Waals surface area contributed by atoms with Crippen molar-refractivity contribution in [2.75, 3.05) is 0 Å². The summed E-state index contributed by atoms with van der Waals surface area (Å²) >= 11 is -5.73. The third-order valence-corrected chi connectivity index (χ3v) is 41.7. The molecule has 47 heavy (non-hydrogen) atoms. The normalized spacial score (nSPS) is 18.5. The Morgan fingerprint density at radius 1 is 0.383 bits per heavy atom.